The summed E-state index contributed by atoms with van der Waals surface area (Å²) >= 11 is 9.34. The first kappa shape index (κ1) is 13.1. The smallest absolute Gasteiger partial charge is 0.258 e. The van der Waals surface area contributed by atoms with Crippen LogP contribution in [0.3, 0.4) is 0 Å². The van der Waals surface area contributed by atoms with Gasteiger partial charge in [-0.1, -0.05) is 23.7 Å². The highest BCUT2D eigenvalue weighted by atomic mass is 79.9. The molecule has 0 bridgehead atoms. The zero-order chi connectivity index (χ0) is 13.1. The van der Waals surface area contributed by atoms with E-state index >= 15 is 0 Å². The minimum absolute atomic E-state index is 0.278. The predicted octanol–water partition coefficient (Wildman–Crippen LogP) is 4.06. The molecule has 0 aliphatic carbocycles. The van der Waals surface area contributed by atoms with Gasteiger partial charge in [-0.15, -0.1) is 0 Å². The molecule has 5 heteroatoms. The number of aryl methyl sites for hydroxylation is 1. The summed E-state index contributed by atoms with van der Waals surface area (Å²) in [4.78, 5) is 16.2. The lowest BCUT2D eigenvalue weighted by atomic mass is 10.2. The molecule has 3 nitrogen and oxygen atoms in total. The Morgan fingerprint density at radius 2 is 2.00 bits per heavy atom. The maximum atomic E-state index is 12.0. The minimum Gasteiger partial charge on any atom is -0.307 e. The van der Waals surface area contributed by atoms with Crippen LogP contribution in [0.1, 0.15) is 16.1 Å². The Morgan fingerprint density at radius 1 is 1.28 bits per heavy atom. The van der Waals surface area contributed by atoms with Crippen LogP contribution in [0.4, 0.5) is 5.82 Å². The standard InChI is InChI=1S/C13H10BrClN2O/c1-8-4-2-7-11(16-8)17-13(18)9-5-3-6-10(14)12(9)15/h2-7H,1H3,(H,16,17,18). The van der Waals surface area contributed by atoms with Gasteiger partial charge in [-0.25, -0.2) is 4.98 Å². The molecule has 1 amide bonds. The van der Waals surface area contributed by atoms with Gasteiger partial charge in [0, 0.05) is 10.2 Å². The van der Waals surface area contributed by atoms with Crippen molar-refractivity contribution in [3.05, 3.63) is 57.2 Å². The Morgan fingerprint density at radius 3 is 2.72 bits per heavy atom. The molecule has 0 unspecified atom stereocenters. The molecular formula is C13H10BrClN2O. The molecule has 0 aliphatic rings. The second-order valence-corrected chi connectivity index (χ2v) is 4.95. The lowest BCUT2D eigenvalue weighted by molar-refractivity contribution is 0.102. The molecule has 1 heterocycles. The van der Waals surface area contributed by atoms with Gasteiger partial charge in [0.05, 0.1) is 10.6 Å². The number of pyridine rings is 1. The van der Waals surface area contributed by atoms with E-state index in [1.165, 1.54) is 0 Å². The zero-order valence-electron chi connectivity index (χ0n) is 9.58. The highest BCUT2D eigenvalue weighted by molar-refractivity contribution is 9.10. The largest absolute Gasteiger partial charge is 0.307 e. The molecular weight excluding hydrogens is 316 g/mol. The molecule has 92 valence electrons. The Hall–Kier alpha value is -1.39. The van der Waals surface area contributed by atoms with Crippen LogP contribution in [-0.2, 0) is 0 Å². The number of amides is 1. The molecule has 1 aromatic carbocycles. The van der Waals surface area contributed by atoms with E-state index in [0.29, 0.717) is 20.9 Å². The van der Waals surface area contributed by atoms with Crippen LogP contribution in [-0.4, -0.2) is 10.9 Å². The number of carbonyl (C=O) groups excluding carboxylic acids is 1. The third-order valence-electron chi connectivity index (χ3n) is 2.33. The maximum absolute atomic E-state index is 12.0. The topological polar surface area (TPSA) is 42.0 Å². The molecule has 2 aromatic rings. The summed E-state index contributed by atoms with van der Waals surface area (Å²) in [5.41, 5.74) is 1.25. The van der Waals surface area contributed by atoms with E-state index in [9.17, 15) is 4.79 Å². The van der Waals surface area contributed by atoms with Gasteiger partial charge in [0.2, 0.25) is 0 Å². The predicted molar refractivity (Wildman–Crippen MR) is 76.1 cm³/mol. The van der Waals surface area contributed by atoms with Crippen LogP contribution in [0.25, 0.3) is 0 Å². The summed E-state index contributed by atoms with van der Waals surface area (Å²) in [7, 11) is 0. The van der Waals surface area contributed by atoms with Gasteiger partial charge < -0.3 is 5.32 Å². The average Bonchev–Trinajstić information content (AvgIpc) is 2.32. The Kier molecular flexibility index (Phi) is 3.99. The van der Waals surface area contributed by atoms with Crippen molar-refractivity contribution in [3.8, 4) is 0 Å². The summed E-state index contributed by atoms with van der Waals surface area (Å²) in [5, 5.41) is 3.10. The number of hydrogen-bond acceptors (Lipinski definition) is 2. The van der Waals surface area contributed by atoms with Crippen LogP contribution in [0.2, 0.25) is 5.02 Å². The van der Waals surface area contributed by atoms with Crippen molar-refractivity contribution in [2.75, 3.05) is 5.32 Å². The van der Waals surface area contributed by atoms with Crippen molar-refractivity contribution in [1.82, 2.24) is 4.98 Å². The number of hydrogen-bond donors (Lipinski definition) is 1. The molecule has 0 saturated carbocycles. The summed E-state index contributed by atoms with van der Waals surface area (Å²) in [6.45, 7) is 1.86. The zero-order valence-corrected chi connectivity index (χ0v) is 11.9. The molecule has 18 heavy (non-hydrogen) atoms. The number of halogens is 2. The van der Waals surface area contributed by atoms with E-state index in [1.807, 2.05) is 19.1 Å². The highest BCUT2D eigenvalue weighted by Crippen LogP contribution is 2.26. The lowest BCUT2D eigenvalue weighted by Crippen LogP contribution is -2.13. The fourth-order valence-corrected chi connectivity index (χ4v) is 2.05. The van der Waals surface area contributed by atoms with Crippen molar-refractivity contribution >= 4 is 39.3 Å². The number of nitrogens with zero attached hydrogens (tertiary/aromatic N) is 1. The van der Waals surface area contributed by atoms with E-state index in [-0.39, 0.29) is 5.91 Å². The number of nitrogens with one attached hydrogen (secondary N) is 1. The average molecular weight is 326 g/mol. The quantitative estimate of drug-likeness (QED) is 0.905. The van der Waals surface area contributed by atoms with Gasteiger partial charge in [0.1, 0.15) is 5.82 Å². The maximum Gasteiger partial charge on any atom is 0.258 e. The van der Waals surface area contributed by atoms with E-state index in [4.69, 9.17) is 11.6 Å². The summed E-state index contributed by atoms with van der Waals surface area (Å²) in [5.74, 6) is 0.232. The SMILES string of the molecule is Cc1cccc(NC(=O)c2cccc(Br)c2Cl)n1. The summed E-state index contributed by atoms with van der Waals surface area (Å²) < 4.78 is 0.689. The van der Waals surface area contributed by atoms with Gasteiger partial charge in [-0.2, -0.15) is 0 Å². The number of anilines is 1. The van der Waals surface area contributed by atoms with E-state index in [1.54, 1.807) is 24.3 Å². The number of carbonyl (C=O) groups is 1. The van der Waals surface area contributed by atoms with Gasteiger partial charge in [-0.05, 0) is 47.1 Å². The van der Waals surface area contributed by atoms with Crippen molar-refractivity contribution < 1.29 is 4.79 Å². The van der Waals surface area contributed by atoms with Crippen LogP contribution in [0, 0.1) is 6.92 Å². The Labute approximate surface area is 118 Å². The first-order valence-electron chi connectivity index (χ1n) is 5.27. The van der Waals surface area contributed by atoms with Crippen molar-refractivity contribution in [1.29, 1.82) is 0 Å². The van der Waals surface area contributed by atoms with E-state index < -0.39 is 0 Å². The molecule has 2 rings (SSSR count). The van der Waals surface area contributed by atoms with Gasteiger partial charge in [0.15, 0.2) is 0 Å². The fourth-order valence-electron chi connectivity index (χ4n) is 1.48. The molecule has 0 radical (unpaired) electrons. The van der Waals surface area contributed by atoms with Crippen LogP contribution < -0.4 is 5.32 Å². The number of aromatic nitrogens is 1. The lowest BCUT2D eigenvalue weighted by Gasteiger charge is -2.07. The minimum atomic E-state index is -0.278. The second kappa shape index (κ2) is 5.50. The highest BCUT2D eigenvalue weighted by Gasteiger charge is 2.12. The first-order chi connectivity index (χ1) is 8.58. The Balaban J connectivity index is 2.25. The number of benzene rings is 1. The van der Waals surface area contributed by atoms with Gasteiger partial charge in [-0.3, -0.25) is 4.79 Å². The molecule has 0 aliphatic heterocycles. The van der Waals surface area contributed by atoms with Crippen molar-refractivity contribution in [2.45, 2.75) is 6.92 Å². The Bertz CT molecular complexity index is 601. The second-order valence-electron chi connectivity index (χ2n) is 3.72. The van der Waals surface area contributed by atoms with Gasteiger partial charge >= 0.3 is 0 Å². The fraction of sp³-hybridized carbons (Fsp3) is 0.0769. The van der Waals surface area contributed by atoms with Crippen LogP contribution >= 0.6 is 27.5 Å². The normalized spacial score (nSPS) is 10.2. The number of rotatable bonds is 2. The molecule has 0 fully saturated rings. The van der Waals surface area contributed by atoms with E-state index in [0.717, 1.165) is 5.69 Å². The van der Waals surface area contributed by atoms with Crippen molar-refractivity contribution in [2.24, 2.45) is 0 Å². The van der Waals surface area contributed by atoms with Crippen LogP contribution in [0.5, 0.6) is 0 Å². The molecule has 0 spiro atoms. The van der Waals surface area contributed by atoms with Crippen molar-refractivity contribution in [3.63, 3.8) is 0 Å². The van der Waals surface area contributed by atoms with E-state index in [2.05, 4.69) is 26.2 Å². The monoisotopic (exact) mass is 324 g/mol. The van der Waals surface area contributed by atoms with Crippen LogP contribution in [0.15, 0.2) is 40.9 Å². The first-order valence-corrected chi connectivity index (χ1v) is 6.44. The molecule has 0 atom stereocenters. The molecule has 0 saturated heterocycles. The van der Waals surface area contributed by atoms with Gasteiger partial charge in [0.25, 0.3) is 5.91 Å². The summed E-state index contributed by atoms with van der Waals surface area (Å²) in [6.07, 6.45) is 0. The molecule has 1 aromatic heterocycles. The third kappa shape index (κ3) is 2.89. The third-order valence-corrected chi connectivity index (χ3v) is 3.62. The molecule has 1 N–H and O–H groups in total. The summed E-state index contributed by atoms with van der Waals surface area (Å²) in [6, 6.07) is 10.6.